The summed E-state index contributed by atoms with van der Waals surface area (Å²) < 4.78 is 0. The molecule has 9 heteroatoms. The summed E-state index contributed by atoms with van der Waals surface area (Å²) in [6, 6.07) is 4.65. The van der Waals surface area contributed by atoms with E-state index < -0.39 is 0 Å². The molecule has 1 aromatic heterocycles. The Morgan fingerprint density at radius 3 is 2.26 bits per heavy atom. The molecular weight excluding hydrogens is 407 g/mol. The molecule has 2 rings (SSSR count). The first-order valence-electron chi connectivity index (χ1n) is 8.29. The third-order valence-corrected chi connectivity index (χ3v) is 5.25. The third kappa shape index (κ3) is 6.46. The predicted octanol–water partition coefficient (Wildman–Crippen LogP) is 3.71. The number of halogens is 2. The maximum absolute atomic E-state index is 12.9. The van der Waals surface area contributed by atoms with Crippen molar-refractivity contribution < 1.29 is 9.59 Å². The van der Waals surface area contributed by atoms with Crippen LogP contribution in [0.4, 0.5) is 5.13 Å². The van der Waals surface area contributed by atoms with Crippen LogP contribution in [-0.4, -0.2) is 60.3 Å². The molecule has 2 aromatic rings. The third-order valence-electron chi connectivity index (χ3n) is 3.82. The fraction of sp³-hybridized carbons (Fsp3) is 0.389. The normalized spacial score (nSPS) is 10.9. The fourth-order valence-corrected chi connectivity index (χ4v) is 3.65. The molecule has 0 saturated carbocycles. The molecule has 1 heterocycles. The van der Waals surface area contributed by atoms with E-state index in [0.29, 0.717) is 33.8 Å². The van der Waals surface area contributed by atoms with Gasteiger partial charge in [0.1, 0.15) is 6.54 Å². The lowest BCUT2D eigenvalue weighted by Crippen LogP contribution is -2.41. The number of benzene rings is 1. The Kier molecular flexibility index (Phi) is 7.61. The van der Waals surface area contributed by atoms with Crippen molar-refractivity contribution in [1.29, 1.82) is 0 Å². The number of carbonyl (C=O) groups is 2. The standard InChI is InChI=1S/C18H22Cl2N4O2S/c1-11-12(2)27-18(21-11)22-16(25)10-24(6-5-23(3)4)17(26)13-7-14(19)9-15(20)8-13/h7-9H,5-6,10H2,1-4H3,(H,21,22,25). The van der Waals surface area contributed by atoms with Crippen LogP contribution in [0.5, 0.6) is 0 Å². The van der Waals surface area contributed by atoms with Crippen molar-refractivity contribution in [2.75, 3.05) is 39.0 Å². The van der Waals surface area contributed by atoms with E-state index in [2.05, 4.69) is 10.3 Å². The van der Waals surface area contributed by atoms with Gasteiger partial charge in [-0.1, -0.05) is 23.2 Å². The van der Waals surface area contributed by atoms with Crippen LogP contribution in [0.1, 0.15) is 20.9 Å². The van der Waals surface area contributed by atoms with Crippen LogP contribution in [0.15, 0.2) is 18.2 Å². The molecule has 0 saturated heterocycles. The molecule has 27 heavy (non-hydrogen) atoms. The number of amides is 2. The minimum absolute atomic E-state index is 0.0888. The maximum Gasteiger partial charge on any atom is 0.254 e. The highest BCUT2D eigenvalue weighted by molar-refractivity contribution is 7.15. The van der Waals surface area contributed by atoms with Crippen molar-refractivity contribution in [3.8, 4) is 0 Å². The van der Waals surface area contributed by atoms with Gasteiger partial charge in [-0.15, -0.1) is 11.3 Å². The summed E-state index contributed by atoms with van der Waals surface area (Å²) in [5, 5.41) is 4.03. The Morgan fingerprint density at radius 2 is 1.74 bits per heavy atom. The van der Waals surface area contributed by atoms with Gasteiger partial charge in [0.15, 0.2) is 5.13 Å². The molecule has 0 aliphatic heterocycles. The second-order valence-electron chi connectivity index (χ2n) is 6.40. The van der Waals surface area contributed by atoms with Crippen LogP contribution in [0.3, 0.4) is 0 Å². The molecule has 0 radical (unpaired) electrons. The lowest BCUT2D eigenvalue weighted by molar-refractivity contribution is -0.116. The molecule has 1 aromatic carbocycles. The topological polar surface area (TPSA) is 65.5 Å². The Balaban J connectivity index is 2.14. The van der Waals surface area contributed by atoms with Gasteiger partial charge >= 0.3 is 0 Å². The SMILES string of the molecule is Cc1nc(NC(=O)CN(CCN(C)C)C(=O)c2cc(Cl)cc(Cl)c2)sc1C. The fourth-order valence-electron chi connectivity index (χ4n) is 2.29. The minimum Gasteiger partial charge on any atom is -0.328 e. The Bertz CT molecular complexity index is 799. The predicted molar refractivity (Wildman–Crippen MR) is 111 cm³/mol. The second kappa shape index (κ2) is 9.50. The molecule has 0 fully saturated rings. The van der Waals surface area contributed by atoms with Crippen molar-refractivity contribution >= 4 is 51.5 Å². The quantitative estimate of drug-likeness (QED) is 0.729. The molecular formula is C18H22Cl2N4O2S. The smallest absolute Gasteiger partial charge is 0.254 e. The molecule has 6 nitrogen and oxygen atoms in total. The summed E-state index contributed by atoms with van der Waals surface area (Å²) in [4.78, 5) is 34.1. The molecule has 1 N–H and O–H groups in total. The van der Waals surface area contributed by atoms with Crippen LogP contribution in [0, 0.1) is 13.8 Å². The first kappa shape index (κ1) is 21.6. The van der Waals surface area contributed by atoms with Gasteiger partial charge in [0.05, 0.1) is 5.69 Å². The molecule has 0 spiro atoms. The number of hydrogen-bond acceptors (Lipinski definition) is 5. The van der Waals surface area contributed by atoms with Crippen molar-refractivity contribution in [3.05, 3.63) is 44.4 Å². The van der Waals surface area contributed by atoms with Gasteiger partial charge in [-0.3, -0.25) is 9.59 Å². The average molecular weight is 429 g/mol. The van der Waals surface area contributed by atoms with E-state index in [-0.39, 0.29) is 18.4 Å². The van der Waals surface area contributed by atoms with E-state index in [4.69, 9.17) is 23.2 Å². The van der Waals surface area contributed by atoms with Crippen LogP contribution >= 0.6 is 34.5 Å². The number of carbonyl (C=O) groups excluding carboxylic acids is 2. The van der Waals surface area contributed by atoms with E-state index in [9.17, 15) is 9.59 Å². The summed E-state index contributed by atoms with van der Waals surface area (Å²) in [5.41, 5.74) is 1.23. The second-order valence-corrected chi connectivity index (χ2v) is 8.47. The highest BCUT2D eigenvalue weighted by Crippen LogP contribution is 2.22. The van der Waals surface area contributed by atoms with Gasteiger partial charge in [0.2, 0.25) is 5.91 Å². The molecule has 0 aliphatic rings. The number of anilines is 1. The number of aryl methyl sites for hydroxylation is 2. The number of aromatic nitrogens is 1. The van der Waals surface area contributed by atoms with Gasteiger partial charge in [0.25, 0.3) is 5.91 Å². The zero-order valence-electron chi connectivity index (χ0n) is 15.7. The summed E-state index contributed by atoms with van der Waals surface area (Å²) in [6.07, 6.45) is 0. The molecule has 2 amide bonds. The number of thiazole rings is 1. The van der Waals surface area contributed by atoms with Crippen LogP contribution < -0.4 is 5.32 Å². The Labute approximate surface area is 173 Å². The maximum atomic E-state index is 12.9. The van der Waals surface area contributed by atoms with E-state index in [0.717, 1.165) is 10.6 Å². The number of nitrogens with zero attached hydrogens (tertiary/aromatic N) is 3. The Morgan fingerprint density at radius 1 is 1.11 bits per heavy atom. The van der Waals surface area contributed by atoms with Gasteiger partial charge in [-0.2, -0.15) is 0 Å². The van der Waals surface area contributed by atoms with Crippen LogP contribution in [0.25, 0.3) is 0 Å². The molecule has 0 bridgehead atoms. The highest BCUT2D eigenvalue weighted by Gasteiger charge is 2.20. The molecule has 0 unspecified atom stereocenters. The molecule has 0 atom stereocenters. The highest BCUT2D eigenvalue weighted by atomic mass is 35.5. The Hall–Kier alpha value is -1.67. The minimum atomic E-state index is -0.303. The lowest BCUT2D eigenvalue weighted by Gasteiger charge is -2.24. The van der Waals surface area contributed by atoms with E-state index in [1.165, 1.54) is 16.2 Å². The largest absolute Gasteiger partial charge is 0.328 e. The number of nitrogens with one attached hydrogen (secondary N) is 1. The average Bonchev–Trinajstić information content (AvgIpc) is 2.87. The van der Waals surface area contributed by atoms with Gasteiger partial charge in [0, 0.05) is 33.6 Å². The molecule has 146 valence electrons. The number of hydrogen-bond donors (Lipinski definition) is 1. The van der Waals surface area contributed by atoms with Gasteiger partial charge in [-0.05, 0) is 46.1 Å². The van der Waals surface area contributed by atoms with Crippen LogP contribution in [0.2, 0.25) is 10.0 Å². The summed E-state index contributed by atoms with van der Waals surface area (Å²) in [7, 11) is 3.81. The van der Waals surface area contributed by atoms with Crippen LogP contribution in [-0.2, 0) is 4.79 Å². The van der Waals surface area contributed by atoms with Gasteiger partial charge < -0.3 is 15.1 Å². The first-order valence-corrected chi connectivity index (χ1v) is 9.87. The van der Waals surface area contributed by atoms with Gasteiger partial charge in [-0.25, -0.2) is 4.98 Å². The van der Waals surface area contributed by atoms with E-state index in [1.54, 1.807) is 18.2 Å². The van der Waals surface area contributed by atoms with Crippen molar-refractivity contribution in [1.82, 2.24) is 14.8 Å². The first-order chi connectivity index (χ1) is 12.7. The monoisotopic (exact) mass is 428 g/mol. The molecule has 0 aliphatic carbocycles. The lowest BCUT2D eigenvalue weighted by atomic mass is 10.2. The summed E-state index contributed by atoms with van der Waals surface area (Å²) >= 11 is 13.4. The van der Waals surface area contributed by atoms with Crippen molar-refractivity contribution in [3.63, 3.8) is 0 Å². The van der Waals surface area contributed by atoms with Crippen molar-refractivity contribution in [2.24, 2.45) is 0 Å². The zero-order chi connectivity index (χ0) is 20.1. The summed E-state index contributed by atoms with van der Waals surface area (Å²) in [6.45, 7) is 4.74. The number of rotatable bonds is 7. The van der Waals surface area contributed by atoms with E-state index >= 15 is 0 Å². The summed E-state index contributed by atoms with van der Waals surface area (Å²) in [5.74, 6) is -0.605. The number of likely N-dealkylation sites (N-methyl/N-ethyl adjacent to an activating group) is 1. The van der Waals surface area contributed by atoms with E-state index in [1.807, 2.05) is 32.8 Å². The van der Waals surface area contributed by atoms with Crippen molar-refractivity contribution in [2.45, 2.75) is 13.8 Å². The zero-order valence-corrected chi connectivity index (χ0v) is 18.0.